The van der Waals surface area contributed by atoms with Crippen molar-refractivity contribution in [2.45, 2.75) is 19.9 Å². The second-order valence-corrected chi connectivity index (χ2v) is 4.58. The Labute approximate surface area is 118 Å². The van der Waals surface area contributed by atoms with Crippen LogP contribution in [-0.2, 0) is 0 Å². The lowest BCUT2D eigenvalue weighted by atomic mass is 9.98. The quantitative estimate of drug-likeness (QED) is 0.909. The third-order valence-electron chi connectivity index (χ3n) is 3.20. The molecule has 0 fully saturated rings. The van der Waals surface area contributed by atoms with E-state index in [0.29, 0.717) is 11.3 Å². The number of halogens is 1. The Hall–Kier alpha value is -1.94. The van der Waals surface area contributed by atoms with Gasteiger partial charge in [-0.15, -0.1) is 0 Å². The largest absolute Gasteiger partial charge is 0.496 e. The van der Waals surface area contributed by atoms with E-state index in [9.17, 15) is 4.39 Å². The molecule has 1 unspecified atom stereocenters. The summed E-state index contributed by atoms with van der Waals surface area (Å²) in [5.74, 6) is 0.257. The molecule has 0 saturated carbocycles. The SMILES string of the molecule is CCNC(c1ccc(C)nc1)c1c(F)cccc1OC. The zero-order valence-corrected chi connectivity index (χ0v) is 12.0. The minimum absolute atomic E-state index is 0.274. The van der Waals surface area contributed by atoms with Crippen molar-refractivity contribution in [3.8, 4) is 5.75 Å². The molecule has 2 rings (SSSR count). The van der Waals surface area contributed by atoms with Crippen LogP contribution in [0.2, 0.25) is 0 Å². The number of ether oxygens (including phenoxy) is 1. The summed E-state index contributed by atoms with van der Waals surface area (Å²) in [4.78, 5) is 4.29. The van der Waals surface area contributed by atoms with E-state index in [-0.39, 0.29) is 11.9 Å². The van der Waals surface area contributed by atoms with Crippen molar-refractivity contribution in [3.63, 3.8) is 0 Å². The molecule has 1 atom stereocenters. The maximum absolute atomic E-state index is 14.2. The summed E-state index contributed by atoms with van der Waals surface area (Å²) in [5.41, 5.74) is 2.37. The Morgan fingerprint density at radius 3 is 2.70 bits per heavy atom. The van der Waals surface area contributed by atoms with E-state index < -0.39 is 0 Å². The minimum Gasteiger partial charge on any atom is -0.496 e. The average molecular weight is 274 g/mol. The van der Waals surface area contributed by atoms with Gasteiger partial charge < -0.3 is 10.1 Å². The van der Waals surface area contributed by atoms with E-state index >= 15 is 0 Å². The van der Waals surface area contributed by atoms with Gasteiger partial charge in [0.15, 0.2) is 0 Å². The molecule has 0 aliphatic carbocycles. The van der Waals surface area contributed by atoms with E-state index in [1.165, 1.54) is 6.07 Å². The lowest BCUT2D eigenvalue weighted by Crippen LogP contribution is -2.23. The highest BCUT2D eigenvalue weighted by Crippen LogP contribution is 2.32. The first-order valence-electron chi connectivity index (χ1n) is 6.65. The van der Waals surface area contributed by atoms with Crippen molar-refractivity contribution >= 4 is 0 Å². The molecule has 0 spiro atoms. The van der Waals surface area contributed by atoms with Crippen molar-refractivity contribution in [2.24, 2.45) is 0 Å². The zero-order valence-electron chi connectivity index (χ0n) is 12.0. The summed E-state index contributed by atoms with van der Waals surface area (Å²) in [5, 5.41) is 3.29. The number of nitrogens with zero attached hydrogens (tertiary/aromatic N) is 1. The Kier molecular flexibility index (Phi) is 4.69. The predicted molar refractivity (Wildman–Crippen MR) is 77.4 cm³/mol. The van der Waals surface area contributed by atoms with Crippen LogP contribution in [-0.4, -0.2) is 18.6 Å². The molecule has 0 radical (unpaired) electrons. The summed E-state index contributed by atoms with van der Waals surface area (Å²) in [6.07, 6.45) is 1.77. The molecule has 0 aliphatic rings. The van der Waals surface area contributed by atoms with Gasteiger partial charge in [0.25, 0.3) is 0 Å². The lowest BCUT2D eigenvalue weighted by molar-refractivity contribution is 0.397. The predicted octanol–water partition coefficient (Wildman–Crippen LogP) is 3.24. The number of rotatable bonds is 5. The highest BCUT2D eigenvalue weighted by atomic mass is 19.1. The Balaban J connectivity index is 2.51. The first-order chi connectivity index (χ1) is 9.67. The third kappa shape index (κ3) is 2.96. The van der Waals surface area contributed by atoms with Gasteiger partial charge in [-0.3, -0.25) is 4.98 Å². The van der Waals surface area contributed by atoms with E-state index in [2.05, 4.69) is 10.3 Å². The van der Waals surface area contributed by atoms with E-state index in [0.717, 1.165) is 17.8 Å². The Morgan fingerprint density at radius 2 is 2.10 bits per heavy atom. The standard InChI is InChI=1S/C16H19FN2O/c1-4-18-16(12-9-8-11(2)19-10-12)15-13(17)6-5-7-14(15)20-3/h5-10,16,18H,4H2,1-3H3. The molecule has 1 heterocycles. The zero-order chi connectivity index (χ0) is 14.5. The van der Waals surface area contributed by atoms with Gasteiger partial charge in [0.2, 0.25) is 0 Å². The molecule has 1 N–H and O–H groups in total. The molecular weight excluding hydrogens is 255 g/mol. The number of benzene rings is 1. The Morgan fingerprint density at radius 1 is 1.30 bits per heavy atom. The van der Waals surface area contributed by atoms with Crippen molar-refractivity contribution < 1.29 is 9.13 Å². The van der Waals surface area contributed by atoms with Gasteiger partial charge in [-0.2, -0.15) is 0 Å². The number of aromatic nitrogens is 1. The van der Waals surface area contributed by atoms with Crippen LogP contribution in [0.25, 0.3) is 0 Å². The number of methoxy groups -OCH3 is 1. The molecular formula is C16H19FN2O. The normalized spacial score (nSPS) is 12.2. The summed E-state index contributed by atoms with van der Waals surface area (Å²) in [6.45, 7) is 4.63. The number of hydrogen-bond donors (Lipinski definition) is 1. The van der Waals surface area contributed by atoms with Crippen LogP contribution in [0.5, 0.6) is 5.75 Å². The topological polar surface area (TPSA) is 34.2 Å². The average Bonchev–Trinajstić information content (AvgIpc) is 2.46. The molecule has 20 heavy (non-hydrogen) atoms. The van der Waals surface area contributed by atoms with Gasteiger partial charge in [0, 0.05) is 11.9 Å². The summed E-state index contributed by atoms with van der Waals surface area (Å²) < 4.78 is 19.5. The first-order valence-corrected chi connectivity index (χ1v) is 6.65. The fourth-order valence-corrected chi connectivity index (χ4v) is 2.22. The minimum atomic E-state index is -0.282. The van der Waals surface area contributed by atoms with Crippen LogP contribution >= 0.6 is 0 Å². The van der Waals surface area contributed by atoms with Crippen molar-refractivity contribution in [1.82, 2.24) is 10.3 Å². The molecule has 2 aromatic rings. The number of nitrogens with one attached hydrogen (secondary N) is 1. The third-order valence-corrected chi connectivity index (χ3v) is 3.20. The van der Waals surface area contributed by atoms with Gasteiger partial charge in [0.1, 0.15) is 11.6 Å². The van der Waals surface area contributed by atoms with Crippen molar-refractivity contribution in [3.05, 3.63) is 59.2 Å². The lowest BCUT2D eigenvalue weighted by Gasteiger charge is -2.21. The van der Waals surface area contributed by atoms with Gasteiger partial charge >= 0.3 is 0 Å². The molecule has 3 nitrogen and oxygen atoms in total. The van der Waals surface area contributed by atoms with Gasteiger partial charge in [-0.05, 0) is 37.2 Å². The summed E-state index contributed by atoms with van der Waals surface area (Å²) in [7, 11) is 1.55. The first kappa shape index (κ1) is 14.5. The van der Waals surface area contributed by atoms with Crippen LogP contribution in [0.15, 0.2) is 36.5 Å². The molecule has 0 amide bonds. The second-order valence-electron chi connectivity index (χ2n) is 4.58. The maximum Gasteiger partial charge on any atom is 0.132 e. The molecule has 0 saturated heterocycles. The fourth-order valence-electron chi connectivity index (χ4n) is 2.22. The number of hydrogen-bond acceptors (Lipinski definition) is 3. The molecule has 106 valence electrons. The van der Waals surface area contributed by atoms with Crippen LogP contribution < -0.4 is 10.1 Å². The smallest absolute Gasteiger partial charge is 0.132 e. The van der Waals surface area contributed by atoms with Crippen LogP contribution in [0, 0.1) is 12.7 Å². The van der Waals surface area contributed by atoms with Crippen LogP contribution in [0.3, 0.4) is 0 Å². The van der Waals surface area contributed by atoms with Crippen LogP contribution in [0.4, 0.5) is 4.39 Å². The van der Waals surface area contributed by atoms with Gasteiger partial charge in [0.05, 0.1) is 18.7 Å². The molecule has 0 aliphatic heterocycles. The highest BCUT2D eigenvalue weighted by molar-refractivity contribution is 5.42. The van der Waals surface area contributed by atoms with E-state index in [1.54, 1.807) is 25.4 Å². The summed E-state index contributed by atoms with van der Waals surface area (Å²) >= 11 is 0. The monoisotopic (exact) mass is 274 g/mol. The Bertz CT molecular complexity index is 569. The fraction of sp³-hybridized carbons (Fsp3) is 0.312. The molecule has 4 heteroatoms. The molecule has 1 aromatic heterocycles. The van der Waals surface area contributed by atoms with E-state index in [1.807, 2.05) is 26.0 Å². The van der Waals surface area contributed by atoms with Gasteiger partial charge in [-0.1, -0.05) is 19.1 Å². The number of aryl methyl sites for hydroxylation is 1. The number of pyridine rings is 1. The second kappa shape index (κ2) is 6.48. The maximum atomic E-state index is 14.2. The molecule has 0 bridgehead atoms. The molecule has 1 aromatic carbocycles. The van der Waals surface area contributed by atoms with Crippen molar-refractivity contribution in [1.29, 1.82) is 0 Å². The van der Waals surface area contributed by atoms with Gasteiger partial charge in [-0.25, -0.2) is 4.39 Å². The van der Waals surface area contributed by atoms with Crippen LogP contribution in [0.1, 0.15) is 29.8 Å². The van der Waals surface area contributed by atoms with E-state index in [4.69, 9.17) is 4.74 Å². The van der Waals surface area contributed by atoms with Crippen molar-refractivity contribution in [2.75, 3.05) is 13.7 Å². The summed E-state index contributed by atoms with van der Waals surface area (Å²) in [6, 6.07) is 8.47. The highest BCUT2D eigenvalue weighted by Gasteiger charge is 2.21.